The normalized spacial score (nSPS) is 13.6. The van der Waals surface area contributed by atoms with Gasteiger partial charge in [-0.3, -0.25) is 9.59 Å². The van der Waals surface area contributed by atoms with Crippen LogP contribution in [0.3, 0.4) is 0 Å². The number of anilines is 1. The maximum Gasteiger partial charge on any atom is 0.255 e. The summed E-state index contributed by atoms with van der Waals surface area (Å²) in [7, 11) is 0. The Balaban J connectivity index is 1.72. The first-order chi connectivity index (χ1) is 10.2. The Bertz CT molecular complexity index is 500. The fourth-order valence-corrected chi connectivity index (χ4v) is 1.97. The fourth-order valence-electron chi connectivity index (χ4n) is 1.97. The van der Waals surface area contributed by atoms with Crippen molar-refractivity contribution >= 4 is 17.6 Å². The Morgan fingerprint density at radius 2 is 2.19 bits per heavy atom. The Morgan fingerprint density at radius 1 is 1.38 bits per heavy atom. The van der Waals surface area contributed by atoms with Crippen molar-refractivity contribution in [2.75, 3.05) is 18.4 Å². The Labute approximate surface area is 124 Å². The van der Waals surface area contributed by atoms with Gasteiger partial charge in [-0.25, -0.2) is 4.98 Å². The summed E-state index contributed by atoms with van der Waals surface area (Å²) in [5, 5.41) is 8.81. The maximum atomic E-state index is 12.1. The quantitative estimate of drug-likeness (QED) is 0.630. The molecule has 1 aliphatic carbocycles. The maximum absolute atomic E-state index is 12.1. The standard InChI is InChI=1S/C15H22N4O2/c1-2-16-14-12(5-3-9-17-14)15(21)18-10-4-6-13(20)19-11-7-8-11/h3,5,9,11H,2,4,6-8,10H2,1H3,(H,16,17)(H,18,21)(H,19,20). The van der Waals surface area contributed by atoms with Gasteiger partial charge in [0.1, 0.15) is 5.82 Å². The van der Waals surface area contributed by atoms with E-state index >= 15 is 0 Å². The molecule has 1 saturated carbocycles. The first kappa shape index (κ1) is 15.3. The van der Waals surface area contributed by atoms with Gasteiger partial charge in [0.2, 0.25) is 5.91 Å². The molecule has 0 radical (unpaired) electrons. The van der Waals surface area contributed by atoms with Crippen molar-refractivity contribution in [3.8, 4) is 0 Å². The van der Waals surface area contributed by atoms with E-state index in [1.165, 1.54) is 0 Å². The smallest absolute Gasteiger partial charge is 0.255 e. The van der Waals surface area contributed by atoms with Crippen LogP contribution < -0.4 is 16.0 Å². The summed E-state index contributed by atoms with van der Waals surface area (Å²) in [6.45, 7) is 3.14. The number of rotatable bonds is 8. The minimum absolute atomic E-state index is 0.0708. The van der Waals surface area contributed by atoms with Crippen molar-refractivity contribution in [2.45, 2.75) is 38.6 Å². The molecule has 1 heterocycles. The van der Waals surface area contributed by atoms with Crippen LogP contribution in [0.1, 0.15) is 43.0 Å². The third kappa shape index (κ3) is 5.06. The number of pyridine rings is 1. The predicted octanol–water partition coefficient (Wildman–Crippen LogP) is 1.30. The van der Waals surface area contributed by atoms with Crippen molar-refractivity contribution in [1.29, 1.82) is 0 Å². The molecule has 21 heavy (non-hydrogen) atoms. The molecule has 6 nitrogen and oxygen atoms in total. The molecule has 1 aliphatic rings. The van der Waals surface area contributed by atoms with E-state index in [2.05, 4.69) is 20.9 Å². The summed E-state index contributed by atoms with van der Waals surface area (Å²) in [6, 6.07) is 3.86. The summed E-state index contributed by atoms with van der Waals surface area (Å²) in [5.41, 5.74) is 0.529. The molecule has 0 aliphatic heterocycles. The lowest BCUT2D eigenvalue weighted by molar-refractivity contribution is -0.121. The highest BCUT2D eigenvalue weighted by molar-refractivity contribution is 5.98. The van der Waals surface area contributed by atoms with E-state index in [-0.39, 0.29) is 11.8 Å². The zero-order valence-corrected chi connectivity index (χ0v) is 12.3. The van der Waals surface area contributed by atoms with Crippen LogP contribution in [-0.2, 0) is 4.79 Å². The third-order valence-corrected chi connectivity index (χ3v) is 3.21. The average molecular weight is 290 g/mol. The van der Waals surface area contributed by atoms with Crippen LogP contribution in [0.15, 0.2) is 18.3 Å². The van der Waals surface area contributed by atoms with Gasteiger partial charge in [-0.05, 0) is 38.3 Å². The van der Waals surface area contributed by atoms with Gasteiger partial charge in [-0.15, -0.1) is 0 Å². The predicted molar refractivity (Wildman–Crippen MR) is 81.1 cm³/mol. The molecule has 2 rings (SSSR count). The molecule has 3 N–H and O–H groups in total. The van der Waals surface area contributed by atoms with Crippen molar-refractivity contribution in [1.82, 2.24) is 15.6 Å². The first-order valence-corrected chi connectivity index (χ1v) is 7.47. The van der Waals surface area contributed by atoms with Crippen LogP contribution in [0.4, 0.5) is 5.82 Å². The summed E-state index contributed by atoms with van der Waals surface area (Å²) in [4.78, 5) is 27.7. The lowest BCUT2D eigenvalue weighted by Gasteiger charge is -2.10. The second kappa shape index (κ2) is 7.61. The van der Waals surface area contributed by atoms with E-state index in [1.807, 2.05) is 6.92 Å². The SMILES string of the molecule is CCNc1ncccc1C(=O)NCCCC(=O)NC1CC1. The third-order valence-electron chi connectivity index (χ3n) is 3.21. The summed E-state index contributed by atoms with van der Waals surface area (Å²) in [5.74, 6) is 0.493. The second-order valence-electron chi connectivity index (χ2n) is 5.13. The van der Waals surface area contributed by atoms with Crippen molar-refractivity contribution in [2.24, 2.45) is 0 Å². The molecule has 0 spiro atoms. The highest BCUT2D eigenvalue weighted by Crippen LogP contribution is 2.18. The molecule has 0 aromatic carbocycles. The van der Waals surface area contributed by atoms with E-state index in [1.54, 1.807) is 18.3 Å². The van der Waals surface area contributed by atoms with Crippen LogP contribution in [0.5, 0.6) is 0 Å². The zero-order chi connectivity index (χ0) is 15.1. The molecule has 2 amide bonds. The molecular formula is C15H22N4O2. The monoisotopic (exact) mass is 290 g/mol. The Hall–Kier alpha value is -2.11. The topological polar surface area (TPSA) is 83.1 Å². The molecule has 0 saturated heterocycles. The molecule has 0 atom stereocenters. The number of carbonyl (C=O) groups is 2. The molecule has 0 unspecified atom stereocenters. The van der Waals surface area contributed by atoms with E-state index in [4.69, 9.17) is 0 Å². The van der Waals surface area contributed by atoms with Gasteiger partial charge in [-0.1, -0.05) is 0 Å². The van der Waals surface area contributed by atoms with Gasteiger partial charge in [0.15, 0.2) is 0 Å². The lowest BCUT2D eigenvalue weighted by atomic mass is 10.2. The van der Waals surface area contributed by atoms with Gasteiger partial charge in [0.25, 0.3) is 5.91 Å². The number of nitrogens with zero attached hydrogens (tertiary/aromatic N) is 1. The first-order valence-electron chi connectivity index (χ1n) is 7.47. The molecule has 6 heteroatoms. The number of aromatic nitrogens is 1. The Morgan fingerprint density at radius 3 is 2.90 bits per heavy atom. The van der Waals surface area contributed by atoms with Crippen LogP contribution in [0.2, 0.25) is 0 Å². The molecule has 114 valence electrons. The number of nitrogens with one attached hydrogen (secondary N) is 3. The Kier molecular flexibility index (Phi) is 5.54. The van der Waals surface area contributed by atoms with Crippen molar-refractivity contribution in [3.05, 3.63) is 23.9 Å². The molecule has 1 fully saturated rings. The summed E-state index contributed by atoms with van der Waals surface area (Å²) < 4.78 is 0. The highest BCUT2D eigenvalue weighted by Gasteiger charge is 2.22. The van der Waals surface area contributed by atoms with Crippen LogP contribution >= 0.6 is 0 Å². The summed E-state index contributed by atoms with van der Waals surface area (Å²) >= 11 is 0. The largest absolute Gasteiger partial charge is 0.370 e. The number of hydrogen-bond donors (Lipinski definition) is 3. The van der Waals surface area contributed by atoms with Crippen molar-refractivity contribution < 1.29 is 9.59 Å². The molecule has 0 bridgehead atoms. The number of hydrogen-bond acceptors (Lipinski definition) is 4. The van der Waals surface area contributed by atoms with E-state index < -0.39 is 0 Å². The number of amides is 2. The average Bonchev–Trinajstić information content (AvgIpc) is 3.28. The van der Waals surface area contributed by atoms with Crippen molar-refractivity contribution in [3.63, 3.8) is 0 Å². The van der Waals surface area contributed by atoms with Crippen LogP contribution in [0, 0.1) is 0 Å². The van der Waals surface area contributed by atoms with Gasteiger partial charge in [-0.2, -0.15) is 0 Å². The van der Waals surface area contributed by atoms with E-state index in [0.717, 1.165) is 12.8 Å². The van der Waals surface area contributed by atoms with E-state index in [9.17, 15) is 9.59 Å². The molecule has 1 aromatic rings. The highest BCUT2D eigenvalue weighted by atomic mass is 16.2. The fraction of sp³-hybridized carbons (Fsp3) is 0.533. The minimum atomic E-state index is -0.165. The molecular weight excluding hydrogens is 268 g/mol. The van der Waals surface area contributed by atoms with Gasteiger partial charge < -0.3 is 16.0 Å². The zero-order valence-electron chi connectivity index (χ0n) is 12.3. The van der Waals surface area contributed by atoms with Gasteiger partial charge >= 0.3 is 0 Å². The lowest BCUT2D eigenvalue weighted by Crippen LogP contribution is -2.29. The van der Waals surface area contributed by atoms with E-state index in [0.29, 0.717) is 43.4 Å². The van der Waals surface area contributed by atoms with Crippen LogP contribution in [0.25, 0.3) is 0 Å². The molecule has 1 aromatic heterocycles. The summed E-state index contributed by atoms with van der Waals surface area (Å²) in [6.07, 6.45) is 4.93. The minimum Gasteiger partial charge on any atom is -0.370 e. The van der Waals surface area contributed by atoms with Crippen LogP contribution in [-0.4, -0.2) is 35.9 Å². The van der Waals surface area contributed by atoms with Gasteiger partial charge in [0, 0.05) is 31.7 Å². The van der Waals surface area contributed by atoms with Gasteiger partial charge in [0.05, 0.1) is 5.56 Å². The number of carbonyl (C=O) groups excluding carboxylic acids is 2. The second-order valence-corrected chi connectivity index (χ2v) is 5.13.